The predicted octanol–water partition coefficient (Wildman–Crippen LogP) is 6.01. The molecule has 0 N–H and O–H groups in total. The van der Waals surface area contributed by atoms with E-state index in [1.807, 2.05) is 0 Å². The Labute approximate surface area is 143 Å². The van der Waals surface area contributed by atoms with Crippen molar-refractivity contribution in [1.82, 2.24) is 0 Å². The highest BCUT2D eigenvalue weighted by Gasteiger charge is 2.61. The second kappa shape index (κ2) is 4.79. The molecule has 0 saturated heterocycles. The van der Waals surface area contributed by atoms with E-state index in [1.54, 1.807) is 57.8 Å². The van der Waals surface area contributed by atoms with Crippen LogP contribution in [0.1, 0.15) is 71.6 Å². The molecule has 6 bridgehead atoms. The standard InChI is InChI=1S/C23H36/c1-12-14-3-5-16(9-14)20(12)22-18-7-8-19(11-18)23(22)21-13(2)15-4-6-17(21)10-15/h12-23H,3-11H2,1-2H3. The van der Waals surface area contributed by atoms with Crippen molar-refractivity contribution in [3.05, 3.63) is 0 Å². The Bertz CT molecular complexity index is 446. The average Bonchev–Trinajstić information content (AvgIpc) is 3.35. The van der Waals surface area contributed by atoms with Crippen molar-refractivity contribution in [2.24, 2.45) is 71.0 Å². The molecule has 6 saturated carbocycles. The number of rotatable bonds is 2. The molecule has 0 aliphatic heterocycles. The topological polar surface area (TPSA) is 0 Å². The summed E-state index contributed by atoms with van der Waals surface area (Å²) in [6.07, 6.45) is 14.5. The summed E-state index contributed by atoms with van der Waals surface area (Å²) in [4.78, 5) is 0. The molecule has 0 heterocycles. The molecule has 0 nitrogen and oxygen atoms in total. The minimum atomic E-state index is 1.08. The minimum Gasteiger partial charge on any atom is -0.0620 e. The first-order valence-corrected chi connectivity index (χ1v) is 11.2. The van der Waals surface area contributed by atoms with E-state index < -0.39 is 0 Å². The summed E-state index contributed by atoms with van der Waals surface area (Å²) < 4.78 is 0. The maximum Gasteiger partial charge on any atom is -0.0318 e. The third kappa shape index (κ3) is 1.75. The van der Waals surface area contributed by atoms with Crippen molar-refractivity contribution in [2.75, 3.05) is 0 Å². The van der Waals surface area contributed by atoms with Crippen molar-refractivity contribution in [3.63, 3.8) is 0 Å². The summed E-state index contributed by atoms with van der Waals surface area (Å²) in [7, 11) is 0. The fourth-order valence-corrected chi connectivity index (χ4v) is 10.1. The molecular formula is C23H36. The summed E-state index contributed by atoms with van der Waals surface area (Å²) in [6, 6.07) is 0. The zero-order valence-corrected chi connectivity index (χ0v) is 15.3. The largest absolute Gasteiger partial charge is 0.0620 e. The van der Waals surface area contributed by atoms with Gasteiger partial charge in [-0.1, -0.05) is 13.8 Å². The van der Waals surface area contributed by atoms with E-state index in [4.69, 9.17) is 0 Å². The lowest BCUT2D eigenvalue weighted by Crippen LogP contribution is -2.42. The van der Waals surface area contributed by atoms with Gasteiger partial charge in [0.2, 0.25) is 0 Å². The molecule has 0 aromatic carbocycles. The lowest BCUT2D eigenvalue weighted by molar-refractivity contribution is 0.00707. The van der Waals surface area contributed by atoms with Crippen LogP contribution in [0.25, 0.3) is 0 Å². The molecular weight excluding hydrogens is 276 g/mol. The number of fused-ring (bicyclic) bond motifs is 6. The van der Waals surface area contributed by atoms with Gasteiger partial charge in [0.15, 0.2) is 0 Å². The van der Waals surface area contributed by atoms with E-state index in [0.29, 0.717) is 0 Å². The Morgan fingerprint density at radius 3 is 1.04 bits per heavy atom. The first-order valence-electron chi connectivity index (χ1n) is 11.2. The van der Waals surface area contributed by atoms with Crippen molar-refractivity contribution < 1.29 is 0 Å². The molecule has 6 aliphatic carbocycles. The lowest BCUT2D eigenvalue weighted by Gasteiger charge is -2.47. The second-order valence-corrected chi connectivity index (χ2v) is 11.0. The molecule has 12 unspecified atom stereocenters. The molecule has 0 spiro atoms. The van der Waals surface area contributed by atoms with Gasteiger partial charge in [0, 0.05) is 0 Å². The summed E-state index contributed by atoms with van der Waals surface area (Å²) in [5.74, 6) is 13.7. The smallest absolute Gasteiger partial charge is 0.0318 e. The predicted molar refractivity (Wildman–Crippen MR) is 94.8 cm³/mol. The van der Waals surface area contributed by atoms with Gasteiger partial charge in [0.25, 0.3) is 0 Å². The van der Waals surface area contributed by atoms with E-state index >= 15 is 0 Å². The highest BCUT2D eigenvalue weighted by molar-refractivity contribution is 5.10. The molecule has 6 aliphatic rings. The first-order chi connectivity index (χ1) is 11.2. The van der Waals surface area contributed by atoms with Crippen LogP contribution < -0.4 is 0 Å². The molecule has 6 rings (SSSR count). The monoisotopic (exact) mass is 312 g/mol. The fraction of sp³-hybridized carbons (Fsp3) is 1.00. The van der Waals surface area contributed by atoms with Gasteiger partial charge in [-0.25, -0.2) is 0 Å². The summed E-state index contributed by atoms with van der Waals surface area (Å²) in [5.41, 5.74) is 0. The van der Waals surface area contributed by atoms with E-state index in [1.165, 1.54) is 11.8 Å². The van der Waals surface area contributed by atoms with Crippen LogP contribution in [0.3, 0.4) is 0 Å². The Hall–Kier alpha value is 0. The molecule has 0 heteroatoms. The van der Waals surface area contributed by atoms with Gasteiger partial charge in [-0.05, 0) is 129 Å². The van der Waals surface area contributed by atoms with Gasteiger partial charge in [-0.2, -0.15) is 0 Å². The zero-order valence-electron chi connectivity index (χ0n) is 15.3. The molecule has 128 valence electrons. The highest BCUT2D eigenvalue weighted by Crippen LogP contribution is 2.69. The van der Waals surface area contributed by atoms with Gasteiger partial charge in [-0.15, -0.1) is 0 Å². The van der Waals surface area contributed by atoms with Crippen LogP contribution in [0.4, 0.5) is 0 Å². The quantitative estimate of drug-likeness (QED) is 0.585. The van der Waals surface area contributed by atoms with Crippen molar-refractivity contribution in [3.8, 4) is 0 Å². The summed E-state index contributed by atoms with van der Waals surface area (Å²) in [5, 5.41) is 0. The van der Waals surface area contributed by atoms with Crippen molar-refractivity contribution in [1.29, 1.82) is 0 Å². The SMILES string of the molecule is CC1C2CCC(C2)C1C1C2CCC(C2)C1C1C2CCC(C2)C1C. The van der Waals surface area contributed by atoms with Crippen LogP contribution in [0, 0.1) is 71.0 Å². The molecule has 0 amide bonds. The van der Waals surface area contributed by atoms with Crippen LogP contribution in [0.2, 0.25) is 0 Å². The minimum absolute atomic E-state index is 1.08. The molecule has 0 radical (unpaired) electrons. The van der Waals surface area contributed by atoms with Gasteiger partial charge in [0.1, 0.15) is 0 Å². The molecule has 6 fully saturated rings. The van der Waals surface area contributed by atoms with E-state index in [-0.39, 0.29) is 0 Å². The van der Waals surface area contributed by atoms with Crippen LogP contribution in [-0.2, 0) is 0 Å². The normalized spacial score (nSPS) is 66.0. The van der Waals surface area contributed by atoms with E-state index in [0.717, 1.165) is 59.2 Å². The van der Waals surface area contributed by atoms with Gasteiger partial charge < -0.3 is 0 Å². The Kier molecular flexibility index (Phi) is 2.96. The van der Waals surface area contributed by atoms with Crippen LogP contribution in [0.15, 0.2) is 0 Å². The third-order valence-electron chi connectivity index (χ3n) is 10.8. The highest BCUT2D eigenvalue weighted by atomic mass is 14.7. The molecule has 0 aromatic rings. The van der Waals surface area contributed by atoms with Crippen molar-refractivity contribution in [2.45, 2.75) is 71.6 Å². The third-order valence-corrected chi connectivity index (χ3v) is 10.8. The van der Waals surface area contributed by atoms with Gasteiger partial charge in [0.05, 0.1) is 0 Å². The van der Waals surface area contributed by atoms with E-state index in [2.05, 4.69) is 13.8 Å². The summed E-state index contributed by atoms with van der Waals surface area (Å²) >= 11 is 0. The fourth-order valence-electron chi connectivity index (χ4n) is 10.1. The first kappa shape index (κ1) is 14.2. The molecule has 12 atom stereocenters. The molecule has 23 heavy (non-hydrogen) atoms. The van der Waals surface area contributed by atoms with Crippen molar-refractivity contribution >= 4 is 0 Å². The Morgan fingerprint density at radius 1 is 0.391 bits per heavy atom. The Morgan fingerprint density at radius 2 is 0.696 bits per heavy atom. The van der Waals surface area contributed by atoms with Crippen LogP contribution in [-0.4, -0.2) is 0 Å². The maximum absolute atomic E-state index is 2.67. The number of hydrogen-bond donors (Lipinski definition) is 0. The average molecular weight is 313 g/mol. The Balaban J connectivity index is 1.35. The second-order valence-electron chi connectivity index (χ2n) is 11.0. The number of hydrogen-bond acceptors (Lipinski definition) is 0. The molecule has 0 aromatic heterocycles. The summed E-state index contributed by atoms with van der Waals surface area (Å²) in [6.45, 7) is 5.34. The van der Waals surface area contributed by atoms with Gasteiger partial charge in [-0.3, -0.25) is 0 Å². The lowest BCUT2D eigenvalue weighted by atomic mass is 9.58. The van der Waals surface area contributed by atoms with Gasteiger partial charge >= 0.3 is 0 Å². The van der Waals surface area contributed by atoms with Crippen LogP contribution in [0.5, 0.6) is 0 Å². The maximum atomic E-state index is 2.67. The van der Waals surface area contributed by atoms with Crippen LogP contribution >= 0.6 is 0 Å². The van der Waals surface area contributed by atoms with E-state index in [9.17, 15) is 0 Å². The zero-order chi connectivity index (χ0) is 15.3.